The predicted molar refractivity (Wildman–Crippen MR) is 63.7 cm³/mol. The number of aryl methyl sites for hydroxylation is 1. The van der Waals surface area contributed by atoms with Gasteiger partial charge in [-0.1, -0.05) is 6.07 Å². The highest BCUT2D eigenvalue weighted by Crippen LogP contribution is 2.13. The van der Waals surface area contributed by atoms with Crippen molar-refractivity contribution in [3.05, 3.63) is 34.3 Å². The fourth-order valence-corrected chi connectivity index (χ4v) is 1.79. The van der Waals surface area contributed by atoms with Gasteiger partial charge in [0.1, 0.15) is 0 Å². The second-order valence-corrected chi connectivity index (χ2v) is 3.91. The van der Waals surface area contributed by atoms with Crippen LogP contribution in [0.3, 0.4) is 0 Å². The van der Waals surface area contributed by atoms with Crippen LogP contribution in [0.5, 0.6) is 0 Å². The molecule has 4 nitrogen and oxygen atoms in total. The molecule has 2 rings (SSSR count). The van der Waals surface area contributed by atoms with Crippen LogP contribution in [0.2, 0.25) is 0 Å². The lowest BCUT2D eigenvalue weighted by atomic mass is 10.1. The summed E-state index contributed by atoms with van der Waals surface area (Å²) >= 11 is 0. The lowest BCUT2D eigenvalue weighted by molar-refractivity contribution is 0.555. The van der Waals surface area contributed by atoms with Crippen molar-refractivity contribution in [3.63, 3.8) is 0 Å². The van der Waals surface area contributed by atoms with Crippen LogP contribution in [-0.2, 0) is 6.42 Å². The fraction of sp³-hybridized carbons (Fsp3) is 0.417. The molecule has 0 radical (unpaired) electrons. The van der Waals surface area contributed by atoms with Gasteiger partial charge in [-0.25, -0.2) is 4.79 Å². The van der Waals surface area contributed by atoms with Gasteiger partial charge < -0.3 is 9.73 Å². The molecule has 2 N–H and O–H groups in total. The molecule has 0 fully saturated rings. The van der Waals surface area contributed by atoms with E-state index in [1.807, 2.05) is 25.2 Å². The van der Waals surface area contributed by atoms with Gasteiger partial charge in [-0.05, 0) is 50.6 Å². The monoisotopic (exact) mass is 220 g/mol. The Balaban J connectivity index is 2.04. The Hall–Kier alpha value is -1.55. The average molecular weight is 220 g/mol. The van der Waals surface area contributed by atoms with E-state index in [1.165, 1.54) is 5.56 Å². The highest BCUT2D eigenvalue weighted by atomic mass is 16.4. The van der Waals surface area contributed by atoms with E-state index in [0.717, 1.165) is 31.3 Å². The lowest BCUT2D eigenvalue weighted by Crippen LogP contribution is -2.07. The first-order valence-corrected chi connectivity index (χ1v) is 5.56. The zero-order valence-electron chi connectivity index (χ0n) is 9.38. The van der Waals surface area contributed by atoms with Crippen molar-refractivity contribution in [1.82, 2.24) is 10.3 Å². The van der Waals surface area contributed by atoms with Crippen LogP contribution in [0, 0.1) is 0 Å². The smallest absolute Gasteiger partial charge is 0.408 e. The maximum Gasteiger partial charge on any atom is 0.417 e. The van der Waals surface area contributed by atoms with Crippen molar-refractivity contribution < 1.29 is 4.42 Å². The molecule has 1 aromatic carbocycles. The number of nitrogens with one attached hydrogen (secondary N) is 2. The maximum absolute atomic E-state index is 11.0. The number of aromatic amines is 1. The number of oxazole rings is 1. The van der Waals surface area contributed by atoms with E-state index in [9.17, 15) is 4.79 Å². The van der Waals surface area contributed by atoms with Crippen LogP contribution in [0.15, 0.2) is 27.4 Å². The first-order valence-electron chi connectivity index (χ1n) is 5.56. The van der Waals surface area contributed by atoms with Crippen molar-refractivity contribution in [2.24, 2.45) is 0 Å². The van der Waals surface area contributed by atoms with Gasteiger partial charge in [-0.3, -0.25) is 4.98 Å². The number of hydrogen-bond donors (Lipinski definition) is 2. The Labute approximate surface area is 93.7 Å². The highest BCUT2D eigenvalue weighted by molar-refractivity contribution is 5.72. The zero-order chi connectivity index (χ0) is 11.4. The van der Waals surface area contributed by atoms with Gasteiger partial charge in [-0.2, -0.15) is 0 Å². The molecule has 86 valence electrons. The second-order valence-electron chi connectivity index (χ2n) is 3.91. The fourth-order valence-electron chi connectivity index (χ4n) is 1.79. The molecule has 0 aliphatic rings. The number of aromatic nitrogens is 1. The molecule has 16 heavy (non-hydrogen) atoms. The molecule has 0 amide bonds. The van der Waals surface area contributed by atoms with Crippen molar-refractivity contribution in [1.29, 1.82) is 0 Å². The summed E-state index contributed by atoms with van der Waals surface area (Å²) in [5.74, 6) is -0.387. The van der Waals surface area contributed by atoms with Crippen molar-refractivity contribution in [2.75, 3.05) is 13.6 Å². The second kappa shape index (κ2) is 4.99. The Bertz CT molecular complexity index is 513. The van der Waals surface area contributed by atoms with Crippen LogP contribution >= 0.6 is 0 Å². The van der Waals surface area contributed by atoms with Crippen molar-refractivity contribution in [3.8, 4) is 0 Å². The first-order chi connectivity index (χ1) is 7.79. The van der Waals surface area contributed by atoms with E-state index in [4.69, 9.17) is 4.42 Å². The summed E-state index contributed by atoms with van der Waals surface area (Å²) in [6.07, 6.45) is 3.34. The molecule has 0 saturated heterocycles. The van der Waals surface area contributed by atoms with Gasteiger partial charge in [0.15, 0.2) is 5.58 Å². The minimum absolute atomic E-state index is 0.387. The third-order valence-corrected chi connectivity index (χ3v) is 2.63. The first kappa shape index (κ1) is 11.0. The number of hydrogen-bond acceptors (Lipinski definition) is 3. The van der Waals surface area contributed by atoms with Gasteiger partial charge >= 0.3 is 5.76 Å². The van der Waals surface area contributed by atoms with E-state index in [1.54, 1.807) is 0 Å². The normalized spacial score (nSPS) is 11.1. The van der Waals surface area contributed by atoms with E-state index in [2.05, 4.69) is 10.3 Å². The van der Waals surface area contributed by atoms with Crippen LogP contribution < -0.4 is 11.1 Å². The molecule has 0 spiro atoms. The van der Waals surface area contributed by atoms with E-state index in [-0.39, 0.29) is 5.76 Å². The van der Waals surface area contributed by atoms with Crippen molar-refractivity contribution in [2.45, 2.75) is 19.3 Å². The minimum atomic E-state index is -0.387. The lowest BCUT2D eigenvalue weighted by Gasteiger charge is -2.01. The largest absolute Gasteiger partial charge is 0.417 e. The SMILES string of the molecule is CNCCCCc1ccc2oc(=O)[nH]c2c1. The molecule has 0 bridgehead atoms. The molecule has 0 saturated carbocycles. The highest BCUT2D eigenvalue weighted by Gasteiger charge is 2.01. The number of rotatable bonds is 5. The molecular weight excluding hydrogens is 204 g/mol. The van der Waals surface area contributed by atoms with Crippen LogP contribution in [0.1, 0.15) is 18.4 Å². The third kappa shape index (κ3) is 2.52. The molecule has 1 aromatic heterocycles. The number of unbranched alkanes of at least 4 members (excludes halogenated alkanes) is 1. The van der Waals surface area contributed by atoms with Gasteiger partial charge in [0, 0.05) is 0 Å². The number of benzene rings is 1. The summed E-state index contributed by atoms with van der Waals surface area (Å²) < 4.78 is 4.94. The molecular formula is C12H16N2O2. The summed E-state index contributed by atoms with van der Waals surface area (Å²) in [7, 11) is 1.96. The molecule has 0 atom stereocenters. The summed E-state index contributed by atoms with van der Waals surface area (Å²) in [4.78, 5) is 13.6. The van der Waals surface area contributed by atoms with Crippen LogP contribution in [0.25, 0.3) is 11.1 Å². The molecule has 2 aromatic rings. The molecule has 0 aliphatic carbocycles. The standard InChI is InChI=1S/C12H16N2O2/c1-13-7-3-2-4-9-5-6-11-10(8-9)14-12(15)16-11/h5-6,8,13H,2-4,7H2,1H3,(H,14,15). The van der Waals surface area contributed by atoms with E-state index < -0.39 is 0 Å². The summed E-state index contributed by atoms with van der Waals surface area (Å²) in [6, 6.07) is 5.85. The zero-order valence-corrected chi connectivity index (χ0v) is 9.38. The van der Waals surface area contributed by atoms with Gasteiger partial charge in [-0.15, -0.1) is 0 Å². The Morgan fingerprint density at radius 3 is 3.06 bits per heavy atom. The van der Waals surface area contributed by atoms with Crippen molar-refractivity contribution >= 4 is 11.1 Å². The summed E-state index contributed by atoms with van der Waals surface area (Å²) in [5, 5.41) is 3.12. The number of fused-ring (bicyclic) bond motifs is 1. The number of H-pyrrole nitrogens is 1. The molecule has 1 heterocycles. The van der Waals surface area contributed by atoms with Crippen LogP contribution in [0.4, 0.5) is 0 Å². The predicted octanol–water partition coefficient (Wildman–Crippen LogP) is 1.66. The molecule has 4 heteroatoms. The summed E-state index contributed by atoms with van der Waals surface area (Å²) in [5.41, 5.74) is 2.65. The Morgan fingerprint density at radius 1 is 1.38 bits per heavy atom. The maximum atomic E-state index is 11.0. The average Bonchev–Trinajstić information content (AvgIpc) is 2.64. The minimum Gasteiger partial charge on any atom is -0.408 e. The Kier molecular flexibility index (Phi) is 3.41. The van der Waals surface area contributed by atoms with Gasteiger partial charge in [0.2, 0.25) is 0 Å². The van der Waals surface area contributed by atoms with Gasteiger partial charge in [0.05, 0.1) is 5.52 Å². The molecule has 0 unspecified atom stereocenters. The third-order valence-electron chi connectivity index (χ3n) is 2.63. The summed E-state index contributed by atoms with van der Waals surface area (Å²) in [6.45, 7) is 1.05. The topological polar surface area (TPSA) is 58.0 Å². The van der Waals surface area contributed by atoms with Gasteiger partial charge in [0.25, 0.3) is 0 Å². The van der Waals surface area contributed by atoms with Crippen LogP contribution in [-0.4, -0.2) is 18.6 Å². The van der Waals surface area contributed by atoms with E-state index in [0.29, 0.717) is 5.58 Å². The quantitative estimate of drug-likeness (QED) is 0.753. The van der Waals surface area contributed by atoms with E-state index >= 15 is 0 Å². The Morgan fingerprint density at radius 2 is 2.25 bits per heavy atom. The molecule has 0 aliphatic heterocycles.